The average molecular weight is 150 g/mol. The van der Waals surface area contributed by atoms with Gasteiger partial charge < -0.3 is 0 Å². The molecule has 1 rings (SSSR count). The molecule has 0 aromatic heterocycles. The molecule has 0 aliphatic heterocycles. The van der Waals surface area contributed by atoms with Crippen LogP contribution in [-0.4, -0.2) is 5.78 Å². The minimum Gasteiger partial charge on any atom is -0.299 e. The van der Waals surface area contributed by atoms with Crippen molar-refractivity contribution in [2.24, 2.45) is 5.92 Å². The molecule has 0 amide bonds. The molecule has 0 bridgehead atoms. The highest BCUT2D eigenvalue weighted by Gasteiger charge is 2.14. The molecule has 0 N–H and O–H groups in total. The summed E-state index contributed by atoms with van der Waals surface area (Å²) in [6.07, 6.45) is 7.63. The van der Waals surface area contributed by atoms with E-state index in [1.165, 1.54) is 5.57 Å². The van der Waals surface area contributed by atoms with Gasteiger partial charge in [-0.2, -0.15) is 0 Å². The van der Waals surface area contributed by atoms with E-state index in [4.69, 9.17) is 0 Å². The second-order valence-electron chi connectivity index (χ2n) is 3.03. The quantitative estimate of drug-likeness (QED) is 0.591. The van der Waals surface area contributed by atoms with E-state index < -0.39 is 0 Å². The van der Waals surface area contributed by atoms with Gasteiger partial charge >= 0.3 is 0 Å². The van der Waals surface area contributed by atoms with Crippen LogP contribution in [0, 0.1) is 5.92 Å². The van der Waals surface area contributed by atoms with Gasteiger partial charge in [0.05, 0.1) is 0 Å². The Balaban J connectivity index is 2.59. The molecule has 1 heteroatoms. The number of ketones is 1. The van der Waals surface area contributed by atoms with Crippen molar-refractivity contribution >= 4 is 5.78 Å². The van der Waals surface area contributed by atoms with E-state index in [0.717, 1.165) is 6.42 Å². The predicted molar refractivity (Wildman–Crippen MR) is 46.3 cm³/mol. The van der Waals surface area contributed by atoms with Crippen LogP contribution in [0.5, 0.6) is 0 Å². The molecule has 1 nitrogen and oxygen atoms in total. The number of hydrogen-bond acceptors (Lipinski definition) is 1. The lowest BCUT2D eigenvalue weighted by Gasteiger charge is -2.13. The van der Waals surface area contributed by atoms with Gasteiger partial charge in [0.1, 0.15) is 5.78 Å². The third kappa shape index (κ3) is 2.04. The first kappa shape index (κ1) is 8.25. The van der Waals surface area contributed by atoms with E-state index in [1.54, 1.807) is 0 Å². The third-order valence-electron chi connectivity index (χ3n) is 2.03. The molecule has 0 heterocycles. The summed E-state index contributed by atoms with van der Waals surface area (Å²) in [5.74, 6) is 0.513. The molecule has 0 spiro atoms. The number of carbonyl (C=O) groups excluding carboxylic acids is 1. The van der Waals surface area contributed by atoms with Gasteiger partial charge in [0.15, 0.2) is 0 Å². The summed E-state index contributed by atoms with van der Waals surface area (Å²) in [7, 11) is 0. The second kappa shape index (κ2) is 3.51. The highest BCUT2D eigenvalue weighted by molar-refractivity contribution is 5.82. The number of carbonyl (C=O) groups is 1. The highest BCUT2D eigenvalue weighted by Crippen LogP contribution is 2.19. The fourth-order valence-electron chi connectivity index (χ4n) is 1.32. The van der Waals surface area contributed by atoms with Crippen molar-refractivity contribution < 1.29 is 4.79 Å². The Morgan fingerprint density at radius 3 is 3.00 bits per heavy atom. The van der Waals surface area contributed by atoms with E-state index in [0.29, 0.717) is 12.2 Å². The number of Topliss-reactive ketones (excluding diaryl/α,β-unsaturated/α-hetero) is 1. The zero-order valence-electron chi connectivity index (χ0n) is 7.13. The van der Waals surface area contributed by atoms with Gasteiger partial charge in [-0.25, -0.2) is 0 Å². The monoisotopic (exact) mass is 150 g/mol. The lowest BCUT2D eigenvalue weighted by atomic mass is 9.91. The van der Waals surface area contributed by atoms with Crippen molar-refractivity contribution in [2.45, 2.75) is 26.7 Å². The van der Waals surface area contributed by atoms with E-state index in [-0.39, 0.29) is 5.92 Å². The van der Waals surface area contributed by atoms with Crippen LogP contribution >= 0.6 is 0 Å². The van der Waals surface area contributed by atoms with Crippen molar-refractivity contribution in [1.29, 1.82) is 0 Å². The van der Waals surface area contributed by atoms with Gasteiger partial charge in [0, 0.05) is 12.3 Å². The first-order chi connectivity index (χ1) is 5.24. The van der Waals surface area contributed by atoms with E-state index in [2.05, 4.69) is 13.0 Å². The average Bonchev–Trinajstić information content (AvgIpc) is 2.03. The van der Waals surface area contributed by atoms with Gasteiger partial charge in [-0.05, 0) is 13.3 Å². The van der Waals surface area contributed by atoms with Gasteiger partial charge in [-0.15, -0.1) is 0 Å². The van der Waals surface area contributed by atoms with Crippen LogP contribution in [0.25, 0.3) is 0 Å². The first-order valence-corrected chi connectivity index (χ1v) is 4.10. The Morgan fingerprint density at radius 2 is 2.45 bits per heavy atom. The summed E-state index contributed by atoms with van der Waals surface area (Å²) in [5, 5.41) is 0. The minimum absolute atomic E-state index is 0.157. The SMILES string of the molecule is CCC(=O)C1C=CC=C(C)C1. The van der Waals surface area contributed by atoms with E-state index in [9.17, 15) is 4.79 Å². The van der Waals surface area contributed by atoms with Crippen LogP contribution in [0.3, 0.4) is 0 Å². The van der Waals surface area contributed by atoms with Crippen LogP contribution in [0.2, 0.25) is 0 Å². The van der Waals surface area contributed by atoms with Gasteiger partial charge in [-0.3, -0.25) is 4.79 Å². The lowest BCUT2D eigenvalue weighted by molar-refractivity contribution is -0.121. The zero-order valence-corrected chi connectivity index (χ0v) is 7.13. The van der Waals surface area contributed by atoms with Crippen molar-refractivity contribution in [3.8, 4) is 0 Å². The standard InChI is InChI=1S/C10H14O/c1-3-10(11)9-6-4-5-8(2)7-9/h4-6,9H,3,7H2,1-2H3. The lowest BCUT2D eigenvalue weighted by Crippen LogP contribution is -2.12. The molecule has 0 saturated heterocycles. The van der Waals surface area contributed by atoms with Gasteiger partial charge in [0.2, 0.25) is 0 Å². The Bertz CT molecular complexity index is 211. The van der Waals surface area contributed by atoms with Crippen LogP contribution in [0.1, 0.15) is 26.7 Å². The maximum atomic E-state index is 11.2. The fourth-order valence-corrected chi connectivity index (χ4v) is 1.32. The van der Waals surface area contributed by atoms with Crippen LogP contribution in [0.15, 0.2) is 23.8 Å². The maximum Gasteiger partial charge on any atom is 0.139 e. The smallest absolute Gasteiger partial charge is 0.139 e. The Labute approximate surface area is 67.8 Å². The van der Waals surface area contributed by atoms with E-state index >= 15 is 0 Å². The molecule has 0 aromatic carbocycles. The molecule has 0 fully saturated rings. The fraction of sp³-hybridized carbons (Fsp3) is 0.500. The zero-order chi connectivity index (χ0) is 8.27. The molecular formula is C10H14O. The summed E-state index contributed by atoms with van der Waals surface area (Å²) in [5.41, 5.74) is 1.30. The van der Waals surface area contributed by atoms with Crippen molar-refractivity contribution in [3.63, 3.8) is 0 Å². The second-order valence-corrected chi connectivity index (χ2v) is 3.03. The van der Waals surface area contributed by atoms with Crippen molar-refractivity contribution in [1.82, 2.24) is 0 Å². The highest BCUT2D eigenvalue weighted by atomic mass is 16.1. The molecule has 0 radical (unpaired) electrons. The van der Waals surface area contributed by atoms with Crippen molar-refractivity contribution in [2.75, 3.05) is 0 Å². The number of rotatable bonds is 2. The Kier molecular flexibility index (Phi) is 2.64. The molecule has 0 aromatic rings. The third-order valence-corrected chi connectivity index (χ3v) is 2.03. The van der Waals surface area contributed by atoms with Crippen LogP contribution in [-0.2, 0) is 4.79 Å². The Morgan fingerprint density at radius 1 is 1.73 bits per heavy atom. The normalized spacial score (nSPS) is 23.1. The largest absolute Gasteiger partial charge is 0.299 e. The maximum absolute atomic E-state index is 11.2. The molecular weight excluding hydrogens is 136 g/mol. The summed E-state index contributed by atoms with van der Waals surface area (Å²) in [6.45, 7) is 3.99. The molecule has 1 unspecified atom stereocenters. The molecule has 0 saturated carbocycles. The molecule has 1 aliphatic rings. The summed E-state index contributed by atoms with van der Waals surface area (Å²) < 4.78 is 0. The summed E-state index contributed by atoms with van der Waals surface area (Å²) >= 11 is 0. The summed E-state index contributed by atoms with van der Waals surface area (Å²) in [6, 6.07) is 0. The van der Waals surface area contributed by atoms with Gasteiger partial charge in [-0.1, -0.05) is 30.7 Å². The van der Waals surface area contributed by atoms with Crippen LogP contribution < -0.4 is 0 Å². The minimum atomic E-state index is 0.157. The van der Waals surface area contributed by atoms with E-state index in [1.807, 2.05) is 19.1 Å². The molecule has 11 heavy (non-hydrogen) atoms. The molecule has 1 atom stereocenters. The first-order valence-electron chi connectivity index (χ1n) is 4.10. The topological polar surface area (TPSA) is 17.1 Å². The van der Waals surface area contributed by atoms with Crippen LogP contribution in [0.4, 0.5) is 0 Å². The molecule has 60 valence electrons. The van der Waals surface area contributed by atoms with Crippen molar-refractivity contribution in [3.05, 3.63) is 23.8 Å². The summed E-state index contributed by atoms with van der Waals surface area (Å²) in [4.78, 5) is 11.2. The number of allylic oxidation sites excluding steroid dienone is 4. The number of hydrogen-bond donors (Lipinski definition) is 0. The Hall–Kier alpha value is -0.850. The molecule has 1 aliphatic carbocycles. The van der Waals surface area contributed by atoms with Gasteiger partial charge in [0.25, 0.3) is 0 Å². The predicted octanol–water partition coefficient (Wildman–Crippen LogP) is 2.49.